The van der Waals surface area contributed by atoms with Crippen LogP contribution >= 0.6 is 15.9 Å². The second-order valence-corrected chi connectivity index (χ2v) is 6.75. The van der Waals surface area contributed by atoms with Crippen LogP contribution in [0.4, 0.5) is 0 Å². The van der Waals surface area contributed by atoms with Crippen molar-refractivity contribution in [3.05, 3.63) is 34.3 Å². The first-order valence-electron chi connectivity index (χ1n) is 7.25. The largest absolute Gasteiger partial charge is 0.336 e. The molecule has 3 nitrogen and oxygen atoms in total. The third-order valence-electron chi connectivity index (χ3n) is 4.13. The number of halogens is 1. The molecule has 1 aromatic rings. The summed E-state index contributed by atoms with van der Waals surface area (Å²) in [6.07, 6.45) is 3.90. The summed E-state index contributed by atoms with van der Waals surface area (Å²) >= 11 is 3.42. The van der Waals surface area contributed by atoms with Crippen molar-refractivity contribution in [2.75, 3.05) is 20.1 Å². The fourth-order valence-electron chi connectivity index (χ4n) is 3.04. The first-order chi connectivity index (χ1) is 9.55. The average molecular weight is 339 g/mol. The maximum Gasteiger partial charge on any atom is 0.227 e. The maximum absolute atomic E-state index is 12.6. The minimum absolute atomic E-state index is 0.0422. The molecule has 1 aromatic carbocycles. The van der Waals surface area contributed by atoms with Crippen LogP contribution in [0.25, 0.3) is 0 Å². The van der Waals surface area contributed by atoms with E-state index in [-0.39, 0.29) is 11.4 Å². The zero-order valence-corrected chi connectivity index (χ0v) is 13.9. The van der Waals surface area contributed by atoms with Gasteiger partial charge in [0.1, 0.15) is 0 Å². The van der Waals surface area contributed by atoms with Crippen LogP contribution in [-0.2, 0) is 11.2 Å². The molecule has 1 saturated heterocycles. The Kier molecular flexibility index (Phi) is 5.22. The van der Waals surface area contributed by atoms with Crippen LogP contribution in [0.2, 0.25) is 0 Å². The Balaban J connectivity index is 2.08. The molecule has 4 heteroatoms. The third-order valence-corrected chi connectivity index (χ3v) is 4.65. The number of nitrogens with zero attached hydrogens (tertiary/aromatic N) is 1. The highest BCUT2D eigenvalue weighted by atomic mass is 79.9. The Morgan fingerprint density at radius 2 is 2.05 bits per heavy atom. The van der Waals surface area contributed by atoms with E-state index in [4.69, 9.17) is 0 Å². The van der Waals surface area contributed by atoms with Crippen molar-refractivity contribution < 1.29 is 4.79 Å². The van der Waals surface area contributed by atoms with E-state index >= 15 is 0 Å². The van der Waals surface area contributed by atoms with Crippen LogP contribution in [0.1, 0.15) is 31.7 Å². The molecule has 0 aliphatic carbocycles. The van der Waals surface area contributed by atoms with Crippen molar-refractivity contribution in [2.24, 2.45) is 0 Å². The molecule has 110 valence electrons. The highest BCUT2D eigenvalue weighted by Crippen LogP contribution is 2.28. The minimum atomic E-state index is -0.0422. The molecule has 1 fully saturated rings. The first kappa shape index (κ1) is 15.5. The van der Waals surface area contributed by atoms with Crippen molar-refractivity contribution in [3.63, 3.8) is 0 Å². The third kappa shape index (κ3) is 3.61. The molecule has 1 unspecified atom stereocenters. The topological polar surface area (TPSA) is 32.3 Å². The average Bonchev–Trinajstić information content (AvgIpc) is 2.42. The second-order valence-electron chi connectivity index (χ2n) is 5.83. The predicted octanol–water partition coefficient (Wildman–Crippen LogP) is 2.98. The van der Waals surface area contributed by atoms with Gasteiger partial charge in [-0.25, -0.2) is 0 Å². The summed E-state index contributed by atoms with van der Waals surface area (Å²) in [5.74, 6) is 0.241. The summed E-state index contributed by atoms with van der Waals surface area (Å²) in [6, 6.07) is 8.01. The fraction of sp³-hybridized carbons (Fsp3) is 0.562. The quantitative estimate of drug-likeness (QED) is 0.915. The SMILES string of the molecule is CNCC1(C)CCCCN1C(=O)Cc1ccc(Br)cc1. The van der Waals surface area contributed by atoms with Gasteiger partial charge in [-0.3, -0.25) is 4.79 Å². The number of rotatable bonds is 4. The van der Waals surface area contributed by atoms with Crippen LogP contribution in [-0.4, -0.2) is 36.5 Å². The first-order valence-corrected chi connectivity index (χ1v) is 8.04. The summed E-state index contributed by atoms with van der Waals surface area (Å²) in [5.41, 5.74) is 1.04. The Labute approximate surface area is 129 Å². The Morgan fingerprint density at radius 1 is 1.35 bits per heavy atom. The van der Waals surface area contributed by atoms with E-state index in [1.54, 1.807) is 0 Å². The van der Waals surface area contributed by atoms with Crippen molar-refractivity contribution in [1.29, 1.82) is 0 Å². The van der Waals surface area contributed by atoms with Gasteiger partial charge in [-0.15, -0.1) is 0 Å². The molecule has 1 heterocycles. The van der Waals surface area contributed by atoms with Crippen molar-refractivity contribution >= 4 is 21.8 Å². The van der Waals surface area contributed by atoms with Gasteiger partial charge in [0.2, 0.25) is 5.91 Å². The summed E-state index contributed by atoms with van der Waals surface area (Å²) in [7, 11) is 1.96. The molecule has 1 atom stereocenters. The van der Waals surface area contributed by atoms with Gasteiger partial charge in [0.15, 0.2) is 0 Å². The lowest BCUT2D eigenvalue weighted by molar-refractivity contribution is -0.138. The number of hydrogen-bond acceptors (Lipinski definition) is 2. The van der Waals surface area contributed by atoms with Gasteiger partial charge in [-0.2, -0.15) is 0 Å². The minimum Gasteiger partial charge on any atom is -0.336 e. The van der Waals surface area contributed by atoms with E-state index in [2.05, 4.69) is 33.1 Å². The Morgan fingerprint density at radius 3 is 2.70 bits per heavy atom. The number of likely N-dealkylation sites (tertiary alicyclic amines) is 1. The number of piperidine rings is 1. The van der Waals surface area contributed by atoms with Gasteiger partial charge in [0.05, 0.1) is 12.0 Å². The molecular weight excluding hydrogens is 316 g/mol. The normalized spacial score (nSPS) is 22.9. The Hall–Kier alpha value is -0.870. The molecule has 1 aliphatic rings. The Bertz CT molecular complexity index is 456. The van der Waals surface area contributed by atoms with E-state index in [0.717, 1.165) is 36.0 Å². The molecule has 0 saturated carbocycles. The maximum atomic E-state index is 12.6. The smallest absolute Gasteiger partial charge is 0.227 e. The van der Waals surface area contributed by atoms with E-state index in [0.29, 0.717) is 6.42 Å². The van der Waals surface area contributed by atoms with Crippen molar-refractivity contribution in [3.8, 4) is 0 Å². The van der Waals surface area contributed by atoms with Crippen molar-refractivity contribution in [2.45, 2.75) is 38.1 Å². The summed E-state index contributed by atoms with van der Waals surface area (Å²) in [4.78, 5) is 14.7. The van der Waals surface area contributed by atoms with Gasteiger partial charge in [-0.05, 0) is 50.9 Å². The number of carbonyl (C=O) groups is 1. The van der Waals surface area contributed by atoms with Gasteiger partial charge in [0, 0.05) is 17.6 Å². The second kappa shape index (κ2) is 6.72. The standard InChI is InChI=1S/C16H23BrN2O/c1-16(12-18-2)9-3-4-10-19(16)15(20)11-13-5-7-14(17)8-6-13/h5-8,18H,3-4,9-12H2,1-2H3. The molecule has 0 spiro atoms. The molecule has 0 aromatic heterocycles. The number of hydrogen-bond donors (Lipinski definition) is 1. The molecular formula is C16H23BrN2O. The molecule has 1 N–H and O–H groups in total. The van der Waals surface area contributed by atoms with E-state index in [1.165, 1.54) is 6.42 Å². The highest BCUT2D eigenvalue weighted by molar-refractivity contribution is 9.10. The van der Waals surface area contributed by atoms with Crippen LogP contribution in [0.15, 0.2) is 28.7 Å². The molecule has 1 aliphatic heterocycles. The summed E-state index contributed by atoms with van der Waals surface area (Å²) in [6.45, 7) is 3.94. The summed E-state index contributed by atoms with van der Waals surface area (Å²) < 4.78 is 1.05. The van der Waals surface area contributed by atoms with Gasteiger partial charge < -0.3 is 10.2 Å². The lowest BCUT2D eigenvalue weighted by Gasteiger charge is -2.45. The number of nitrogens with one attached hydrogen (secondary N) is 1. The molecule has 20 heavy (non-hydrogen) atoms. The predicted molar refractivity (Wildman–Crippen MR) is 85.7 cm³/mol. The number of likely N-dealkylation sites (N-methyl/N-ethyl adjacent to an activating group) is 1. The van der Waals surface area contributed by atoms with Gasteiger partial charge >= 0.3 is 0 Å². The number of carbonyl (C=O) groups excluding carboxylic acids is 1. The lowest BCUT2D eigenvalue weighted by atomic mass is 9.87. The van der Waals surface area contributed by atoms with E-state index < -0.39 is 0 Å². The van der Waals surface area contributed by atoms with Gasteiger partial charge in [0.25, 0.3) is 0 Å². The van der Waals surface area contributed by atoms with Crippen LogP contribution in [0, 0.1) is 0 Å². The van der Waals surface area contributed by atoms with E-state index in [1.807, 2.05) is 31.3 Å². The monoisotopic (exact) mass is 338 g/mol. The van der Waals surface area contributed by atoms with Crippen molar-refractivity contribution in [1.82, 2.24) is 10.2 Å². The zero-order valence-electron chi connectivity index (χ0n) is 12.3. The molecule has 2 rings (SSSR count). The van der Waals surface area contributed by atoms with Crippen LogP contribution in [0.3, 0.4) is 0 Å². The lowest BCUT2D eigenvalue weighted by Crippen LogP contribution is -2.57. The van der Waals surface area contributed by atoms with Crippen LogP contribution in [0.5, 0.6) is 0 Å². The summed E-state index contributed by atoms with van der Waals surface area (Å²) in [5, 5.41) is 3.23. The molecule has 0 radical (unpaired) electrons. The zero-order chi connectivity index (χ0) is 14.6. The number of benzene rings is 1. The van der Waals surface area contributed by atoms with Gasteiger partial charge in [-0.1, -0.05) is 28.1 Å². The molecule has 0 bridgehead atoms. The highest BCUT2D eigenvalue weighted by Gasteiger charge is 2.36. The molecule has 1 amide bonds. The van der Waals surface area contributed by atoms with E-state index in [9.17, 15) is 4.79 Å². The van der Waals surface area contributed by atoms with Crippen LogP contribution < -0.4 is 5.32 Å². The fourth-order valence-corrected chi connectivity index (χ4v) is 3.31. The number of amides is 1.